The summed E-state index contributed by atoms with van der Waals surface area (Å²) < 4.78 is 6.02. The fraction of sp³-hybridized carbons (Fsp3) is 0.600. The van der Waals surface area contributed by atoms with E-state index in [0.717, 1.165) is 18.6 Å². The molecule has 2 aliphatic rings. The summed E-state index contributed by atoms with van der Waals surface area (Å²) in [4.78, 5) is 0. The van der Waals surface area contributed by atoms with Gasteiger partial charge in [0.15, 0.2) is 0 Å². The highest BCUT2D eigenvalue weighted by molar-refractivity contribution is 5.43. The Kier molecular flexibility index (Phi) is 2.27. The maximum absolute atomic E-state index is 6.02. The highest BCUT2D eigenvalue weighted by Crippen LogP contribution is 2.46. The quantitative estimate of drug-likeness (QED) is 0.845. The van der Waals surface area contributed by atoms with Crippen LogP contribution in [0.4, 0.5) is 0 Å². The molecule has 1 aliphatic carbocycles. The second-order valence-electron chi connectivity index (χ2n) is 6.02. The van der Waals surface area contributed by atoms with E-state index < -0.39 is 0 Å². The van der Waals surface area contributed by atoms with Crippen molar-refractivity contribution in [3.8, 4) is 5.75 Å². The van der Waals surface area contributed by atoms with Crippen LogP contribution in [0.3, 0.4) is 0 Å². The van der Waals surface area contributed by atoms with Crippen molar-refractivity contribution >= 4 is 0 Å². The van der Waals surface area contributed by atoms with Gasteiger partial charge in [0.25, 0.3) is 0 Å². The van der Waals surface area contributed by atoms with E-state index >= 15 is 0 Å². The molecule has 1 fully saturated rings. The van der Waals surface area contributed by atoms with E-state index in [-0.39, 0.29) is 11.1 Å². The van der Waals surface area contributed by atoms with Gasteiger partial charge in [0.05, 0.1) is 0 Å². The fourth-order valence-corrected chi connectivity index (χ4v) is 2.76. The number of fused-ring (bicyclic) bond motifs is 1. The Morgan fingerprint density at radius 1 is 1.18 bits per heavy atom. The molecule has 1 N–H and O–H groups in total. The first-order chi connectivity index (χ1) is 8.05. The number of rotatable bonds is 2. The van der Waals surface area contributed by atoms with Crippen LogP contribution in [0.2, 0.25) is 0 Å². The van der Waals surface area contributed by atoms with Crippen LogP contribution in [0, 0.1) is 0 Å². The Morgan fingerprint density at radius 2 is 1.94 bits per heavy atom. The molecule has 3 rings (SSSR count). The lowest BCUT2D eigenvalue weighted by Crippen LogP contribution is -2.33. The monoisotopic (exact) mass is 231 g/mol. The van der Waals surface area contributed by atoms with Gasteiger partial charge in [0.1, 0.15) is 11.4 Å². The third-order valence-corrected chi connectivity index (χ3v) is 4.22. The molecule has 1 heterocycles. The van der Waals surface area contributed by atoms with Gasteiger partial charge in [-0.25, -0.2) is 0 Å². The highest BCUT2D eigenvalue weighted by atomic mass is 16.5. The van der Waals surface area contributed by atoms with Gasteiger partial charge < -0.3 is 10.1 Å². The van der Waals surface area contributed by atoms with Crippen molar-refractivity contribution in [2.45, 2.75) is 50.7 Å². The second-order valence-corrected chi connectivity index (χ2v) is 6.02. The van der Waals surface area contributed by atoms with E-state index in [2.05, 4.69) is 44.4 Å². The Bertz CT molecular complexity index is 446. The van der Waals surface area contributed by atoms with E-state index in [4.69, 9.17) is 4.74 Å². The van der Waals surface area contributed by atoms with Gasteiger partial charge in [-0.1, -0.05) is 12.1 Å². The summed E-state index contributed by atoms with van der Waals surface area (Å²) in [5, 5.41) is 3.45. The maximum Gasteiger partial charge on any atom is 0.123 e. The average molecular weight is 231 g/mol. The predicted octanol–water partition coefficient (Wildman–Crippen LogP) is 3.00. The standard InChI is InChI=1S/C15H21NO/c1-14(2)7-6-11-10-12(4-5-13(11)17-14)15(16-3)8-9-15/h4-5,10,16H,6-9H2,1-3H3. The van der Waals surface area contributed by atoms with E-state index in [0.29, 0.717) is 0 Å². The SMILES string of the molecule is CNC1(c2ccc3c(c2)CCC(C)(C)O3)CC1. The minimum absolute atomic E-state index is 0.00517. The van der Waals surface area contributed by atoms with Crippen LogP contribution >= 0.6 is 0 Å². The van der Waals surface area contributed by atoms with Crippen molar-refractivity contribution in [1.29, 1.82) is 0 Å². The summed E-state index contributed by atoms with van der Waals surface area (Å²) in [6, 6.07) is 6.72. The van der Waals surface area contributed by atoms with Crippen LogP contribution in [0.25, 0.3) is 0 Å². The minimum Gasteiger partial charge on any atom is -0.488 e. The summed E-state index contributed by atoms with van der Waals surface area (Å²) in [7, 11) is 2.06. The molecule has 1 aliphatic heterocycles. The first-order valence-electron chi connectivity index (χ1n) is 6.56. The Balaban J connectivity index is 1.93. The van der Waals surface area contributed by atoms with E-state index in [1.165, 1.54) is 24.0 Å². The van der Waals surface area contributed by atoms with Gasteiger partial charge in [0, 0.05) is 5.54 Å². The lowest BCUT2D eigenvalue weighted by Gasteiger charge is -2.33. The molecule has 2 heteroatoms. The Labute approximate surface area is 103 Å². The Morgan fingerprint density at radius 3 is 2.59 bits per heavy atom. The second kappa shape index (κ2) is 3.49. The third-order valence-electron chi connectivity index (χ3n) is 4.22. The van der Waals surface area contributed by atoms with E-state index in [1.807, 2.05) is 0 Å². The molecule has 17 heavy (non-hydrogen) atoms. The molecular formula is C15H21NO. The van der Waals surface area contributed by atoms with Crippen molar-refractivity contribution in [2.24, 2.45) is 0 Å². The minimum atomic E-state index is -0.00517. The maximum atomic E-state index is 6.02. The summed E-state index contributed by atoms with van der Waals surface area (Å²) >= 11 is 0. The molecule has 1 aromatic carbocycles. The molecule has 0 radical (unpaired) electrons. The summed E-state index contributed by atoms with van der Waals surface area (Å²) in [5.74, 6) is 1.08. The van der Waals surface area contributed by atoms with Crippen LogP contribution in [-0.2, 0) is 12.0 Å². The van der Waals surface area contributed by atoms with Crippen molar-refractivity contribution in [1.82, 2.24) is 5.32 Å². The fourth-order valence-electron chi connectivity index (χ4n) is 2.76. The number of nitrogens with one attached hydrogen (secondary N) is 1. The third kappa shape index (κ3) is 1.85. The largest absolute Gasteiger partial charge is 0.488 e. The molecule has 0 saturated heterocycles. The molecule has 0 bridgehead atoms. The number of hydrogen-bond acceptors (Lipinski definition) is 2. The molecule has 0 atom stereocenters. The van der Waals surface area contributed by atoms with Gasteiger partial charge in [-0.15, -0.1) is 0 Å². The van der Waals surface area contributed by atoms with E-state index in [9.17, 15) is 0 Å². The zero-order valence-electron chi connectivity index (χ0n) is 11.0. The number of ether oxygens (including phenoxy) is 1. The molecule has 0 aromatic heterocycles. The summed E-state index contributed by atoms with van der Waals surface area (Å²) in [6.45, 7) is 4.33. The highest BCUT2D eigenvalue weighted by Gasteiger charge is 2.43. The van der Waals surface area contributed by atoms with E-state index in [1.54, 1.807) is 0 Å². The van der Waals surface area contributed by atoms with Crippen LogP contribution < -0.4 is 10.1 Å². The molecule has 1 aromatic rings. The topological polar surface area (TPSA) is 21.3 Å². The normalized spacial score (nSPS) is 23.7. The van der Waals surface area contributed by atoms with Crippen LogP contribution in [0.1, 0.15) is 44.2 Å². The lowest BCUT2D eigenvalue weighted by atomic mass is 9.92. The molecule has 2 nitrogen and oxygen atoms in total. The molecule has 1 saturated carbocycles. The molecule has 0 unspecified atom stereocenters. The molecule has 92 valence electrons. The molecular weight excluding hydrogens is 210 g/mol. The number of benzene rings is 1. The van der Waals surface area contributed by atoms with Gasteiger partial charge >= 0.3 is 0 Å². The molecule has 0 amide bonds. The molecule has 0 spiro atoms. The lowest BCUT2D eigenvalue weighted by molar-refractivity contribution is 0.0846. The van der Waals surface area contributed by atoms with Crippen molar-refractivity contribution in [2.75, 3.05) is 7.05 Å². The van der Waals surface area contributed by atoms with Gasteiger partial charge in [0.2, 0.25) is 0 Å². The van der Waals surface area contributed by atoms with Crippen molar-refractivity contribution in [3.63, 3.8) is 0 Å². The van der Waals surface area contributed by atoms with Crippen LogP contribution in [0.5, 0.6) is 5.75 Å². The van der Waals surface area contributed by atoms with Crippen molar-refractivity contribution < 1.29 is 4.74 Å². The first kappa shape index (κ1) is 11.1. The van der Waals surface area contributed by atoms with Crippen LogP contribution in [-0.4, -0.2) is 12.6 Å². The van der Waals surface area contributed by atoms with Gasteiger partial charge in [-0.2, -0.15) is 0 Å². The number of hydrogen-bond donors (Lipinski definition) is 1. The zero-order valence-corrected chi connectivity index (χ0v) is 11.0. The van der Waals surface area contributed by atoms with Gasteiger partial charge in [-0.3, -0.25) is 0 Å². The Hall–Kier alpha value is -1.02. The van der Waals surface area contributed by atoms with Crippen LogP contribution in [0.15, 0.2) is 18.2 Å². The predicted molar refractivity (Wildman–Crippen MR) is 69.4 cm³/mol. The average Bonchev–Trinajstić information content (AvgIpc) is 3.08. The number of aryl methyl sites for hydroxylation is 1. The van der Waals surface area contributed by atoms with Crippen molar-refractivity contribution in [3.05, 3.63) is 29.3 Å². The zero-order chi connectivity index (χ0) is 12.1. The smallest absolute Gasteiger partial charge is 0.123 e. The first-order valence-corrected chi connectivity index (χ1v) is 6.56. The summed E-state index contributed by atoms with van der Waals surface area (Å²) in [5.41, 5.74) is 3.07. The van der Waals surface area contributed by atoms with Gasteiger partial charge in [-0.05, 0) is 63.8 Å². The summed E-state index contributed by atoms with van der Waals surface area (Å²) in [6.07, 6.45) is 4.76.